The molecule has 1 aromatic carbocycles. The number of carboxylic acids is 1. The number of carbonyl (C=O) groups is 3. The molecular weight excluding hydrogens is 276 g/mol. The number of hydrogen-bond donors (Lipinski definition) is 1. The first-order chi connectivity index (χ1) is 9.90. The Bertz CT molecular complexity index is 503. The number of amides is 1. The zero-order valence-electron chi connectivity index (χ0n) is 11.8. The molecule has 0 unspecified atom stereocenters. The molecule has 21 heavy (non-hydrogen) atoms. The summed E-state index contributed by atoms with van der Waals surface area (Å²) >= 11 is 0. The first-order valence-corrected chi connectivity index (χ1v) is 6.37. The molecule has 1 aromatic rings. The van der Waals surface area contributed by atoms with Crippen LogP contribution in [0.25, 0.3) is 0 Å². The number of carbonyl (C=O) groups excluding carboxylic acids is 3. The van der Waals surface area contributed by atoms with Gasteiger partial charge in [0.25, 0.3) is 5.91 Å². The Labute approximate surface area is 122 Å². The first-order valence-electron chi connectivity index (χ1n) is 6.37. The summed E-state index contributed by atoms with van der Waals surface area (Å²) < 4.78 is 5.03. The van der Waals surface area contributed by atoms with E-state index in [1.807, 2.05) is 30.3 Å². The van der Waals surface area contributed by atoms with Crippen LogP contribution in [0.2, 0.25) is 0 Å². The summed E-state index contributed by atoms with van der Waals surface area (Å²) in [5.74, 6) is -2.48. The first kappa shape index (κ1) is 16.6. The number of quaternary nitrogens is 1. The van der Waals surface area contributed by atoms with E-state index >= 15 is 0 Å². The topological polar surface area (TPSA) is 114 Å². The summed E-state index contributed by atoms with van der Waals surface area (Å²) in [7, 11) is 1.31. The average molecular weight is 294 g/mol. The third kappa shape index (κ3) is 6.05. The average Bonchev–Trinajstić information content (AvgIpc) is 2.44. The molecule has 0 radical (unpaired) electrons. The second kappa shape index (κ2) is 8.01. The second-order valence-corrected chi connectivity index (χ2v) is 4.61. The highest BCUT2D eigenvalue weighted by Crippen LogP contribution is 2.03. The molecular formula is C14H18N2O5. The van der Waals surface area contributed by atoms with E-state index in [-0.39, 0.29) is 13.0 Å². The van der Waals surface area contributed by atoms with E-state index in [0.717, 1.165) is 10.5 Å². The van der Waals surface area contributed by atoms with Gasteiger partial charge in [-0.15, -0.1) is 0 Å². The van der Waals surface area contributed by atoms with Crippen molar-refractivity contribution in [3.8, 4) is 0 Å². The van der Waals surface area contributed by atoms with Crippen molar-refractivity contribution >= 4 is 17.8 Å². The van der Waals surface area contributed by atoms with Crippen molar-refractivity contribution in [2.24, 2.45) is 0 Å². The van der Waals surface area contributed by atoms with E-state index in [1.165, 1.54) is 7.05 Å². The second-order valence-electron chi connectivity index (χ2n) is 4.61. The number of hydrogen-bond acceptors (Lipinski definition) is 5. The van der Waals surface area contributed by atoms with E-state index in [0.29, 0.717) is 0 Å². The van der Waals surface area contributed by atoms with E-state index in [2.05, 4.69) is 5.73 Å². The SMILES string of the molecule is CN(CC(=O)[O-])C(=O)[C@@H]([NH3+])CC(=O)OCc1ccccc1. The molecule has 3 N–H and O–H groups in total. The number of esters is 1. The molecule has 0 fully saturated rings. The Balaban J connectivity index is 2.39. The number of carboxylic acid groups (broad SMARTS) is 1. The number of rotatable bonds is 7. The Hall–Kier alpha value is -2.41. The predicted octanol–water partition coefficient (Wildman–Crippen LogP) is -2.06. The number of aliphatic carboxylic acids is 1. The maximum absolute atomic E-state index is 11.8. The van der Waals surface area contributed by atoms with Gasteiger partial charge in [-0.05, 0) is 5.56 Å². The van der Waals surface area contributed by atoms with E-state index in [1.54, 1.807) is 0 Å². The van der Waals surface area contributed by atoms with Crippen LogP contribution in [0.4, 0.5) is 0 Å². The molecule has 0 aromatic heterocycles. The number of benzene rings is 1. The van der Waals surface area contributed by atoms with Gasteiger partial charge in [-0.1, -0.05) is 30.3 Å². The normalized spacial score (nSPS) is 11.5. The van der Waals surface area contributed by atoms with Crippen molar-refractivity contribution in [1.82, 2.24) is 4.90 Å². The Morgan fingerprint density at radius 1 is 1.29 bits per heavy atom. The third-order valence-corrected chi connectivity index (χ3v) is 2.75. The monoisotopic (exact) mass is 294 g/mol. The molecule has 0 heterocycles. The molecule has 0 saturated carbocycles. The van der Waals surface area contributed by atoms with Crippen molar-refractivity contribution in [3.63, 3.8) is 0 Å². The molecule has 0 saturated heterocycles. The van der Waals surface area contributed by atoms with Crippen molar-refractivity contribution in [3.05, 3.63) is 35.9 Å². The molecule has 114 valence electrons. The lowest BCUT2D eigenvalue weighted by Gasteiger charge is -2.19. The standard InChI is InChI=1S/C14H18N2O5/c1-16(8-12(17)18)14(20)11(15)7-13(19)21-9-10-5-3-2-4-6-10/h2-6,11H,7-9,15H2,1H3,(H,17,18)/t11-/m0/s1. The van der Waals surface area contributed by atoms with Gasteiger partial charge in [-0.3, -0.25) is 9.59 Å². The largest absolute Gasteiger partial charge is 0.548 e. The van der Waals surface area contributed by atoms with Crippen molar-refractivity contribution in [2.75, 3.05) is 13.6 Å². The summed E-state index contributed by atoms with van der Waals surface area (Å²) in [4.78, 5) is 34.7. The molecule has 1 rings (SSSR count). The van der Waals surface area contributed by atoms with Gasteiger partial charge in [0.1, 0.15) is 13.0 Å². The van der Waals surface area contributed by atoms with Crippen LogP contribution in [0.5, 0.6) is 0 Å². The van der Waals surface area contributed by atoms with E-state index < -0.39 is 30.4 Å². The Kier molecular flexibility index (Phi) is 6.35. The fourth-order valence-corrected chi connectivity index (χ4v) is 1.67. The smallest absolute Gasteiger partial charge is 0.312 e. The van der Waals surface area contributed by atoms with E-state index in [4.69, 9.17) is 4.74 Å². The minimum Gasteiger partial charge on any atom is -0.548 e. The van der Waals surface area contributed by atoms with Crippen LogP contribution in [0.15, 0.2) is 30.3 Å². The van der Waals surface area contributed by atoms with Crippen LogP contribution < -0.4 is 10.8 Å². The molecule has 0 spiro atoms. The lowest BCUT2D eigenvalue weighted by molar-refractivity contribution is -0.405. The zero-order chi connectivity index (χ0) is 15.8. The molecule has 0 bridgehead atoms. The minimum absolute atomic E-state index is 0.121. The van der Waals surface area contributed by atoms with Crippen LogP contribution in [0.3, 0.4) is 0 Å². The van der Waals surface area contributed by atoms with Crippen LogP contribution in [0.1, 0.15) is 12.0 Å². The van der Waals surface area contributed by atoms with Gasteiger partial charge in [-0.25, -0.2) is 0 Å². The summed E-state index contributed by atoms with van der Waals surface area (Å²) in [5.41, 5.74) is 4.40. The number of likely N-dealkylation sites (N-methyl/N-ethyl adjacent to an activating group) is 1. The fraction of sp³-hybridized carbons (Fsp3) is 0.357. The molecule has 7 nitrogen and oxygen atoms in total. The summed E-state index contributed by atoms with van der Waals surface area (Å²) in [6.07, 6.45) is -0.205. The van der Waals surface area contributed by atoms with Gasteiger partial charge in [0, 0.05) is 7.05 Å². The molecule has 1 atom stereocenters. The maximum Gasteiger partial charge on any atom is 0.312 e. The third-order valence-electron chi connectivity index (χ3n) is 2.75. The molecule has 0 aliphatic rings. The van der Waals surface area contributed by atoms with Gasteiger partial charge < -0.3 is 25.3 Å². The lowest BCUT2D eigenvalue weighted by atomic mass is 10.2. The summed E-state index contributed by atoms with van der Waals surface area (Å²) in [6, 6.07) is 8.24. The van der Waals surface area contributed by atoms with Gasteiger partial charge >= 0.3 is 5.97 Å². The Morgan fingerprint density at radius 2 is 1.90 bits per heavy atom. The molecule has 0 aliphatic carbocycles. The lowest BCUT2D eigenvalue weighted by Crippen LogP contribution is -2.68. The van der Waals surface area contributed by atoms with Gasteiger partial charge in [-0.2, -0.15) is 0 Å². The highest BCUT2D eigenvalue weighted by molar-refractivity contribution is 5.87. The van der Waals surface area contributed by atoms with E-state index in [9.17, 15) is 19.5 Å². The number of ether oxygens (including phenoxy) is 1. The van der Waals surface area contributed by atoms with Crippen LogP contribution >= 0.6 is 0 Å². The van der Waals surface area contributed by atoms with Gasteiger partial charge in [0.2, 0.25) is 0 Å². The highest BCUT2D eigenvalue weighted by atomic mass is 16.5. The molecule has 1 amide bonds. The number of nitrogens with zero attached hydrogens (tertiary/aromatic N) is 1. The van der Waals surface area contributed by atoms with Crippen molar-refractivity contribution < 1.29 is 30.0 Å². The van der Waals surface area contributed by atoms with Crippen LogP contribution in [-0.4, -0.2) is 42.4 Å². The Morgan fingerprint density at radius 3 is 2.48 bits per heavy atom. The van der Waals surface area contributed by atoms with Crippen LogP contribution in [-0.2, 0) is 25.7 Å². The van der Waals surface area contributed by atoms with Crippen LogP contribution in [0, 0.1) is 0 Å². The zero-order valence-corrected chi connectivity index (χ0v) is 11.8. The van der Waals surface area contributed by atoms with Gasteiger partial charge in [0.15, 0.2) is 6.04 Å². The highest BCUT2D eigenvalue weighted by Gasteiger charge is 2.25. The minimum atomic E-state index is -1.37. The van der Waals surface area contributed by atoms with Gasteiger partial charge in [0.05, 0.1) is 12.5 Å². The predicted molar refractivity (Wildman–Crippen MR) is 70.2 cm³/mol. The maximum atomic E-state index is 11.8. The fourth-order valence-electron chi connectivity index (χ4n) is 1.67. The summed E-state index contributed by atoms with van der Waals surface area (Å²) in [5, 5.41) is 10.4. The quantitative estimate of drug-likeness (QED) is 0.581. The molecule has 0 aliphatic heterocycles. The summed E-state index contributed by atoms with van der Waals surface area (Å²) in [6.45, 7) is -0.417. The van der Waals surface area contributed by atoms with Crippen molar-refractivity contribution in [1.29, 1.82) is 0 Å². The molecule has 7 heteroatoms. The van der Waals surface area contributed by atoms with Crippen molar-refractivity contribution in [2.45, 2.75) is 19.1 Å².